The van der Waals surface area contributed by atoms with Gasteiger partial charge in [0.25, 0.3) is 0 Å². The molecule has 0 heterocycles. The van der Waals surface area contributed by atoms with Crippen LogP contribution in [-0.4, -0.2) is 0 Å². The Labute approximate surface area is 221 Å². The highest BCUT2D eigenvalue weighted by molar-refractivity contribution is 5.98. The molecule has 0 amide bonds. The maximum absolute atomic E-state index is 2.26. The third kappa shape index (κ3) is 8.05. The quantitative estimate of drug-likeness (QED) is 0.171. The van der Waals surface area contributed by atoms with Crippen LogP contribution in [0.15, 0.2) is 140 Å². The molecule has 0 N–H and O–H groups in total. The van der Waals surface area contributed by atoms with Gasteiger partial charge < -0.3 is 0 Å². The molecule has 6 aromatic rings. The van der Waals surface area contributed by atoms with Crippen LogP contribution >= 0.6 is 0 Å². The molecule has 182 valence electrons. The molecule has 0 aliphatic rings. The lowest BCUT2D eigenvalue weighted by Gasteiger charge is -2.02. The summed E-state index contributed by atoms with van der Waals surface area (Å²) in [6, 6.07) is 48.7. The Balaban J connectivity index is 0.000000139. The van der Waals surface area contributed by atoms with Gasteiger partial charge in [0.15, 0.2) is 0 Å². The predicted octanol–water partition coefficient (Wildman–Crippen LogP) is 10.5. The minimum atomic E-state index is 1.23. The van der Waals surface area contributed by atoms with Crippen molar-refractivity contribution in [2.75, 3.05) is 0 Å². The minimum Gasteiger partial charge on any atom is -0.0622 e. The Kier molecular flexibility index (Phi) is 9.05. The second-order valence-corrected chi connectivity index (χ2v) is 9.36. The van der Waals surface area contributed by atoms with Gasteiger partial charge in [0.2, 0.25) is 0 Å². The van der Waals surface area contributed by atoms with Crippen molar-refractivity contribution < 1.29 is 0 Å². The van der Waals surface area contributed by atoms with E-state index in [1.807, 2.05) is 24.3 Å². The van der Waals surface area contributed by atoms with Crippen LogP contribution in [0.1, 0.15) is 27.8 Å². The molecule has 0 aromatic heterocycles. The molecule has 0 radical (unpaired) electrons. The summed E-state index contributed by atoms with van der Waals surface area (Å²) in [5.41, 5.74) is 6.41. The Morgan fingerprint density at radius 3 is 1.32 bits per heavy atom. The molecule has 37 heavy (non-hydrogen) atoms. The molecule has 0 unspecified atom stereocenters. The van der Waals surface area contributed by atoms with E-state index < -0.39 is 0 Å². The fourth-order valence-electron chi connectivity index (χ4n) is 4.03. The normalized spacial score (nSPS) is 10.5. The standard InChI is InChI=1S/C15H12.C15H14.C7H8/c1-11-6-7-14-9-12-4-2-3-5-13(12)10-15(14)8-11;1-13-7-9-15(10-8-13)12-11-14-5-3-2-4-6-14;1-7-5-3-2-4-6-7/h2-10H,1H3;2-12H,1H3;2-6H,1H3/b;12-11+;. The molecule has 0 saturated heterocycles. The van der Waals surface area contributed by atoms with E-state index in [9.17, 15) is 0 Å². The van der Waals surface area contributed by atoms with Gasteiger partial charge in [-0.3, -0.25) is 0 Å². The number of benzene rings is 6. The summed E-state index contributed by atoms with van der Waals surface area (Å²) >= 11 is 0. The van der Waals surface area contributed by atoms with Gasteiger partial charge in [-0.2, -0.15) is 0 Å². The van der Waals surface area contributed by atoms with Crippen LogP contribution in [0.2, 0.25) is 0 Å². The molecule has 0 aliphatic heterocycles. The Morgan fingerprint density at radius 2 is 0.757 bits per heavy atom. The van der Waals surface area contributed by atoms with Crippen LogP contribution in [0.4, 0.5) is 0 Å². The van der Waals surface area contributed by atoms with Crippen molar-refractivity contribution in [2.45, 2.75) is 20.8 Å². The van der Waals surface area contributed by atoms with E-state index in [2.05, 4.69) is 148 Å². The van der Waals surface area contributed by atoms with Crippen LogP contribution in [0, 0.1) is 20.8 Å². The van der Waals surface area contributed by atoms with Crippen LogP contribution in [0.25, 0.3) is 33.7 Å². The van der Waals surface area contributed by atoms with Crippen molar-refractivity contribution in [1.82, 2.24) is 0 Å². The monoisotopic (exact) mass is 478 g/mol. The first-order chi connectivity index (χ1) is 18.1. The number of rotatable bonds is 2. The number of hydrogen-bond donors (Lipinski definition) is 0. The highest BCUT2D eigenvalue weighted by atomic mass is 14.0. The molecular weight excluding hydrogens is 444 g/mol. The summed E-state index contributed by atoms with van der Waals surface area (Å²) in [6.07, 6.45) is 4.26. The van der Waals surface area contributed by atoms with Gasteiger partial charge in [0.1, 0.15) is 0 Å². The number of hydrogen-bond acceptors (Lipinski definition) is 0. The second kappa shape index (κ2) is 13.0. The fraction of sp³-hybridized carbons (Fsp3) is 0.0811. The Morgan fingerprint density at radius 1 is 0.324 bits per heavy atom. The lowest BCUT2D eigenvalue weighted by molar-refractivity contribution is 1.46. The molecule has 6 rings (SSSR count). The van der Waals surface area contributed by atoms with Gasteiger partial charge in [0, 0.05) is 0 Å². The summed E-state index contributed by atoms with van der Waals surface area (Å²) in [4.78, 5) is 0. The summed E-state index contributed by atoms with van der Waals surface area (Å²) in [5, 5.41) is 5.28. The number of aryl methyl sites for hydroxylation is 3. The van der Waals surface area contributed by atoms with Crippen molar-refractivity contribution in [3.8, 4) is 0 Å². The molecular formula is C37H34. The van der Waals surface area contributed by atoms with Gasteiger partial charge in [-0.1, -0.05) is 156 Å². The minimum absolute atomic E-state index is 1.23. The summed E-state index contributed by atoms with van der Waals surface area (Å²) in [7, 11) is 0. The summed E-state index contributed by atoms with van der Waals surface area (Å²) in [6.45, 7) is 6.32. The van der Waals surface area contributed by atoms with Gasteiger partial charge >= 0.3 is 0 Å². The Hall–Kier alpha value is -4.42. The van der Waals surface area contributed by atoms with Gasteiger partial charge in [-0.15, -0.1) is 0 Å². The zero-order valence-electron chi connectivity index (χ0n) is 21.9. The van der Waals surface area contributed by atoms with E-state index in [-0.39, 0.29) is 0 Å². The molecule has 0 bridgehead atoms. The third-order valence-corrected chi connectivity index (χ3v) is 6.15. The van der Waals surface area contributed by atoms with Crippen LogP contribution < -0.4 is 0 Å². The SMILES string of the molecule is Cc1ccc(/C=C/c2ccccc2)cc1.Cc1ccc2cc3ccccc3cc2c1.Cc1ccccc1. The van der Waals surface area contributed by atoms with Crippen LogP contribution in [-0.2, 0) is 0 Å². The van der Waals surface area contributed by atoms with Crippen molar-refractivity contribution in [1.29, 1.82) is 0 Å². The Bertz CT molecular complexity index is 1560. The molecule has 0 heteroatoms. The van der Waals surface area contributed by atoms with E-state index in [0.717, 1.165) is 0 Å². The zero-order chi connectivity index (χ0) is 25.9. The van der Waals surface area contributed by atoms with Gasteiger partial charge in [-0.25, -0.2) is 0 Å². The van der Waals surface area contributed by atoms with E-state index in [1.165, 1.54) is 49.4 Å². The maximum Gasteiger partial charge on any atom is -0.0175 e. The van der Waals surface area contributed by atoms with Crippen molar-refractivity contribution in [3.05, 3.63) is 167 Å². The zero-order valence-corrected chi connectivity index (χ0v) is 21.9. The average Bonchev–Trinajstić information content (AvgIpc) is 2.93. The highest BCUT2D eigenvalue weighted by Gasteiger charge is 1.97. The van der Waals surface area contributed by atoms with E-state index in [4.69, 9.17) is 0 Å². The second-order valence-electron chi connectivity index (χ2n) is 9.36. The molecule has 0 saturated carbocycles. The molecule has 0 nitrogen and oxygen atoms in total. The molecule has 0 aliphatic carbocycles. The molecule has 0 spiro atoms. The van der Waals surface area contributed by atoms with E-state index in [0.29, 0.717) is 0 Å². The molecule has 0 fully saturated rings. The first kappa shape index (κ1) is 25.7. The lowest BCUT2D eigenvalue weighted by atomic mass is 10.0. The third-order valence-electron chi connectivity index (χ3n) is 6.15. The fourth-order valence-corrected chi connectivity index (χ4v) is 4.03. The van der Waals surface area contributed by atoms with Gasteiger partial charge in [0.05, 0.1) is 0 Å². The first-order valence-corrected chi connectivity index (χ1v) is 12.8. The smallest absolute Gasteiger partial charge is 0.0175 e. The first-order valence-electron chi connectivity index (χ1n) is 12.8. The predicted molar refractivity (Wildman–Crippen MR) is 164 cm³/mol. The average molecular weight is 479 g/mol. The number of fused-ring (bicyclic) bond motifs is 2. The van der Waals surface area contributed by atoms with Crippen molar-refractivity contribution >= 4 is 33.7 Å². The van der Waals surface area contributed by atoms with Crippen molar-refractivity contribution in [2.24, 2.45) is 0 Å². The van der Waals surface area contributed by atoms with Gasteiger partial charge in [-0.05, 0) is 65.6 Å². The van der Waals surface area contributed by atoms with Crippen LogP contribution in [0.5, 0.6) is 0 Å². The summed E-state index contributed by atoms with van der Waals surface area (Å²) < 4.78 is 0. The lowest BCUT2D eigenvalue weighted by Crippen LogP contribution is -1.77. The van der Waals surface area contributed by atoms with E-state index >= 15 is 0 Å². The largest absolute Gasteiger partial charge is 0.0622 e. The molecule has 0 atom stereocenters. The maximum atomic E-state index is 2.26. The van der Waals surface area contributed by atoms with Crippen molar-refractivity contribution in [3.63, 3.8) is 0 Å². The summed E-state index contributed by atoms with van der Waals surface area (Å²) in [5.74, 6) is 0. The topological polar surface area (TPSA) is 0 Å². The van der Waals surface area contributed by atoms with E-state index in [1.54, 1.807) is 0 Å². The van der Waals surface area contributed by atoms with Crippen LogP contribution in [0.3, 0.4) is 0 Å². The highest BCUT2D eigenvalue weighted by Crippen LogP contribution is 2.23. The molecule has 6 aromatic carbocycles.